The lowest BCUT2D eigenvalue weighted by atomic mass is 9.69. The maximum Gasteiger partial charge on any atom is 0.139 e. The van der Waals surface area contributed by atoms with Gasteiger partial charge in [0, 0.05) is 11.8 Å². The molecule has 1 saturated carbocycles. The summed E-state index contributed by atoms with van der Waals surface area (Å²) in [5.74, 6) is 0.522. The van der Waals surface area contributed by atoms with E-state index in [9.17, 15) is 4.79 Å². The molecule has 0 bridgehead atoms. The van der Waals surface area contributed by atoms with E-state index in [4.69, 9.17) is 0 Å². The van der Waals surface area contributed by atoms with Crippen molar-refractivity contribution >= 4 is 5.78 Å². The monoisotopic (exact) mass is 154 g/mol. The topological polar surface area (TPSA) is 17.1 Å². The summed E-state index contributed by atoms with van der Waals surface area (Å²) in [6, 6.07) is 0. The predicted octanol–water partition coefficient (Wildman–Crippen LogP) is 2.94. The van der Waals surface area contributed by atoms with Gasteiger partial charge in [0.25, 0.3) is 0 Å². The molecule has 0 spiro atoms. The number of hydrogen-bond acceptors (Lipinski definition) is 1. The molecule has 0 aromatic rings. The van der Waals surface area contributed by atoms with E-state index in [-0.39, 0.29) is 5.41 Å². The van der Waals surface area contributed by atoms with Gasteiger partial charge in [-0.3, -0.25) is 4.79 Å². The van der Waals surface area contributed by atoms with E-state index in [0.29, 0.717) is 5.78 Å². The summed E-state index contributed by atoms with van der Waals surface area (Å²) in [5.41, 5.74) is 0.0816. The molecule has 1 nitrogen and oxygen atoms in total. The molecule has 0 aromatic carbocycles. The molecule has 1 rings (SSSR count). The Labute approximate surface area is 69.2 Å². The van der Waals surface area contributed by atoms with E-state index >= 15 is 0 Å². The van der Waals surface area contributed by atoms with Crippen molar-refractivity contribution in [3.63, 3.8) is 0 Å². The number of hydrogen-bond donors (Lipinski definition) is 0. The first-order chi connectivity index (χ1) is 5.25. The summed E-state index contributed by atoms with van der Waals surface area (Å²) >= 11 is 0. The summed E-state index contributed by atoms with van der Waals surface area (Å²) < 4.78 is 0. The van der Waals surface area contributed by atoms with Crippen molar-refractivity contribution in [1.29, 1.82) is 0 Å². The highest BCUT2D eigenvalue weighted by Gasteiger charge is 2.35. The third kappa shape index (κ3) is 1.47. The Morgan fingerprint density at radius 3 is 2.27 bits per heavy atom. The Balaban J connectivity index is 2.69. The van der Waals surface area contributed by atoms with E-state index < -0.39 is 0 Å². The standard InChI is InChI=1S/C10H18O/c1-3-10(4-2)8-6-5-7-9(10)11/h3-8H2,1-2H3. The van der Waals surface area contributed by atoms with Crippen LogP contribution in [0.1, 0.15) is 52.4 Å². The molecule has 1 aliphatic rings. The number of ketones is 1. The molecule has 1 fully saturated rings. The van der Waals surface area contributed by atoms with Gasteiger partial charge < -0.3 is 0 Å². The van der Waals surface area contributed by atoms with Crippen LogP contribution in [0.5, 0.6) is 0 Å². The maximum absolute atomic E-state index is 11.6. The van der Waals surface area contributed by atoms with Crippen molar-refractivity contribution in [2.45, 2.75) is 52.4 Å². The van der Waals surface area contributed by atoms with Crippen molar-refractivity contribution in [2.24, 2.45) is 5.41 Å². The van der Waals surface area contributed by atoms with Crippen LogP contribution in [0.3, 0.4) is 0 Å². The molecule has 0 heterocycles. The molecular formula is C10H18O. The van der Waals surface area contributed by atoms with Crippen molar-refractivity contribution in [3.8, 4) is 0 Å². The number of rotatable bonds is 2. The minimum atomic E-state index is 0.0816. The largest absolute Gasteiger partial charge is 0.299 e. The summed E-state index contributed by atoms with van der Waals surface area (Å²) in [6.07, 6.45) is 6.44. The number of Topliss-reactive ketones (excluding diaryl/α,β-unsaturated/α-hetero) is 1. The van der Waals surface area contributed by atoms with E-state index in [1.54, 1.807) is 0 Å². The average Bonchev–Trinajstić information content (AvgIpc) is 2.06. The molecule has 0 atom stereocenters. The van der Waals surface area contributed by atoms with Crippen molar-refractivity contribution < 1.29 is 4.79 Å². The Bertz CT molecular complexity index is 145. The zero-order valence-electron chi connectivity index (χ0n) is 7.65. The Hall–Kier alpha value is -0.330. The van der Waals surface area contributed by atoms with Gasteiger partial charge >= 0.3 is 0 Å². The first kappa shape index (κ1) is 8.76. The SMILES string of the molecule is CCC1(CC)CCCCC1=O. The van der Waals surface area contributed by atoms with Crippen LogP contribution < -0.4 is 0 Å². The summed E-state index contributed by atoms with van der Waals surface area (Å²) in [7, 11) is 0. The Kier molecular flexibility index (Phi) is 2.69. The number of carbonyl (C=O) groups excluding carboxylic acids is 1. The fraction of sp³-hybridized carbons (Fsp3) is 0.900. The second-order valence-electron chi connectivity index (χ2n) is 3.62. The fourth-order valence-corrected chi connectivity index (χ4v) is 2.15. The van der Waals surface area contributed by atoms with Gasteiger partial charge in [0.05, 0.1) is 0 Å². The summed E-state index contributed by atoms with van der Waals surface area (Å²) in [4.78, 5) is 11.6. The molecule has 1 aliphatic carbocycles. The minimum absolute atomic E-state index is 0.0816. The smallest absolute Gasteiger partial charge is 0.139 e. The fourth-order valence-electron chi connectivity index (χ4n) is 2.15. The first-order valence-electron chi connectivity index (χ1n) is 4.78. The van der Waals surface area contributed by atoms with E-state index in [2.05, 4.69) is 13.8 Å². The quantitative estimate of drug-likeness (QED) is 0.597. The van der Waals surface area contributed by atoms with Crippen molar-refractivity contribution in [3.05, 3.63) is 0 Å². The lowest BCUT2D eigenvalue weighted by Gasteiger charge is -2.33. The van der Waals surface area contributed by atoms with Gasteiger partial charge in [-0.1, -0.05) is 20.3 Å². The van der Waals surface area contributed by atoms with Crippen molar-refractivity contribution in [2.75, 3.05) is 0 Å². The third-order valence-corrected chi connectivity index (χ3v) is 3.25. The first-order valence-corrected chi connectivity index (χ1v) is 4.78. The molecule has 0 aliphatic heterocycles. The molecule has 0 aromatic heterocycles. The molecule has 1 heteroatoms. The van der Waals surface area contributed by atoms with Crippen LogP contribution >= 0.6 is 0 Å². The minimum Gasteiger partial charge on any atom is -0.299 e. The Morgan fingerprint density at radius 2 is 1.91 bits per heavy atom. The summed E-state index contributed by atoms with van der Waals surface area (Å²) in [6.45, 7) is 4.29. The predicted molar refractivity (Wildman–Crippen MR) is 46.5 cm³/mol. The van der Waals surface area contributed by atoms with Gasteiger partial charge in [0.2, 0.25) is 0 Å². The molecule has 0 radical (unpaired) electrons. The molecule has 0 N–H and O–H groups in total. The highest BCUT2D eigenvalue weighted by atomic mass is 16.1. The van der Waals surface area contributed by atoms with Gasteiger partial charge in [0.1, 0.15) is 5.78 Å². The summed E-state index contributed by atoms with van der Waals surface area (Å²) in [5, 5.41) is 0. The molecule has 11 heavy (non-hydrogen) atoms. The van der Waals surface area contributed by atoms with E-state index in [1.807, 2.05) is 0 Å². The molecule has 0 saturated heterocycles. The molecular weight excluding hydrogens is 136 g/mol. The lowest BCUT2D eigenvalue weighted by Crippen LogP contribution is -2.32. The van der Waals surface area contributed by atoms with Crippen LogP contribution in [-0.2, 0) is 4.79 Å². The zero-order valence-corrected chi connectivity index (χ0v) is 7.65. The second-order valence-corrected chi connectivity index (χ2v) is 3.62. The average molecular weight is 154 g/mol. The molecule has 0 amide bonds. The van der Waals surface area contributed by atoms with Crippen LogP contribution in [0.25, 0.3) is 0 Å². The van der Waals surface area contributed by atoms with E-state index in [1.165, 1.54) is 6.42 Å². The zero-order chi connectivity index (χ0) is 8.32. The van der Waals surface area contributed by atoms with Gasteiger partial charge in [-0.25, -0.2) is 0 Å². The maximum atomic E-state index is 11.6. The molecule has 64 valence electrons. The van der Waals surface area contributed by atoms with Crippen LogP contribution in [0.15, 0.2) is 0 Å². The highest BCUT2D eigenvalue weighted by Crippen LogP contribution is 2.38. The third-order valence-electron chi connectivity index (χ3n) is 3.25. The lowest BCUT2D eigenvalue weighted by molar-refractivity contribution is -0.131. The van der Waals surface area contributed by atoms with Crippen molar-refractivity contribution in [1.82, 2.24) is 0 Å². The van der Waals surface area contributed by atoms with Gasteiger partial charge in [-0.15, -0.1) is 0 Å². The van der Waals surface area contributed by atoms with Crippen LogP contribution in [0, 0.1) is 5.41 Å². The van der Waals surface area contributed by atoms with Gasteiger partial charge in [-0.2, -0.15) is 0 Å². The molecule has 0 unspecified atom stereocenters. The highest BCUT2D eigenvalue weighted by molar-refractivity contribution is 5.85. The Morgan fingerprint density at radius 1 is 1.27 bits per heavy atom. The van der Waals surface area contributed by atoms with Gasteiger partial charge in [0.15, 0.2) is 0 Å². The normalized spacial score (nSPS) is 23.6. The van der Waals surface area contributed by atoms with Crippen LogP contribution in [0.4, 0.5) is 0 Å². The van der Waals surface area contributed by atoms with E-state index in [0.717, 1.165) is 32.1 Å². The van der Waals surface area contributed by atoms with Crippen LogP contribution in [0.2, 0.25) is 0 Å². The number of carbonyl (C=O) groups is 1. The second kappa shape index (κ2) is 3.38. The van der Waals surface area contributed by atoms with Crippen LogP contribution in [-0.4, -0.2) is 5.78 Å². The van der Waals surface area contributed by atoms with Gasteiger partial charge in [-0.05, 0) is 25.7 Å².